The Morgan fingerprint density at radius 1 is 1.39 bits per heavy atom. The Kier molecular flexibility index (Phi) is 5.60. The molecule has 1 amide bonds. The minimum atomic E-state index is -0.678. The zero-order valence-corrected chi connectivity index (χ0v) is 12.5. The number of piperazine rings is 1. The number of nitrogens with one attached hydrogen (secondary N) is 1. The standard InChI is InChI=1S/C14H28N2O2/c1-6-11-10-16(12(7-2)9-15-11)13(17)14(4,8-3)18-5/h11-12,15H,6-10H2,1-5H3. The SMILES string of the molecule is CCC1CN(C(=O)C(C)(CC)OC)C(CC)CN1. The lowest BCUT2D eigenvalue weighted by atomic mass is 9.97. The number of hydrogen-bond donors (Lipinski definition) is 1. The summed E-state index contributed by atoms with van der Waals surface area (Å²) in [5, 5.41) is 3.51. The van der Waals surface area contributed by atoms with Gasteiger partial charge in [-0.3, -0.25) is 4.79 Å². The van der Waals surface area contributed by atoms with Gasteiger partial charge in [-0.1, -0.05) is 20.8 Å². The molecule has 18 heavy (non-hydrogen) atoms. The number of nitrogens with zero attached hydrogens (tertiary/aromatic N) is 1. The van der Waals surface area contributed by atoms with Gasteiger partial charge in [0, 0.05) is 32.3 Å². The third kappa shape index (κ3) is 3.04. The summed E-state index contributed by atoms with van der Waals surface area (Å²) in [5.74, 6) is 0.138. The van der Waals surface area contributed by atoms with Crippen LogP contribution < -0.4 is 5.32 Å². The van der Waals surface area contributed by atoms with Crippen LogP contribution in [0.2, 0.25) is 0 Å². The summed E-state index contributed by atoms with van der Waals surface area (Å²) in [6, 6.07) is 0.705. The second kappa shape index (κ2) is 6.53. The Morgan fingerprint density at radius 2 is 2.06 bits per heavy atom. The topological polar surface area (TPSA) is 41.6 Å². The van der Waals surface area contributed by atoms with E-state index in [9.17, 15) is 4.79 Å². The smallest absolute Gasteiger partial charge is 0.254 e. The third-order valence-corrected chi connectivity index (χ3v) is 4.30. The van der Waals surface area contributed by atoms with E-state index in [2.05, 4.69) is 19.2 Å². The summed E-state index contributed by atoms with van der Waals surface area (Å²) in [7, 11) is 1.63. The van der Waals surface area contributed by atoms with E-state index in [0.717, 1.165) is 25.9 Å². The lowest BCUT2D eigenvalue weighted by Gasteiger charge is -2.43. The number of hydrogen-bond acceptors (Lipinski definition) is 3. The molecule has 106 valence electrons. The zero-order chi connectivity index (χ0) is 13.8. The van der Waals surface area contributed by atoms with Crippen LogP contribution in [0.15, 0.2) is 0 Å². The molecule has 0 bridgehead atoms. The molecule has 4 heteroatoms. The van der Waals surface area contributed by atoms with Crippen LogP contribution in [-0.4, -0.2) is 48.7 Å². The van der Waals surface area contributed by atoms with Crippen LogP contribution in [0.25, 0.3) is 0 Å². The van der Waals surface area contributed by atoms with Crippen molar-refractivity contribution in [2.75, 3.05) is 20.2 Å². The molecule has 0 aliphatic carbocycles. The summed E-state index contributed by atoms with van der Waals surface area (Å²) in [6.07, 6.45) is 2.74. The van der Waals surface area contributed by atoms with Crippen molar-refractivity contribution in [2.45, 2.75) is 64.6 Å². The van der Waals surface area contributed by atoms with Crippen LogP contribution >= 0.6 is 0 Å². The van der Waals surface area contributed by atoms with Crippen molar-refractivity contribution in [3.63, 3.8) is 0 Å². The Hall–Kier alpha value is -0.610. The lowest BCUT2D eigenvalue weighted by molar-refractivity contribution is -0.157. The zero-order valence-electron chi connectivity index (χ0n) is 12.5. The number of carbonyl (C=O) groups excluding carboxylic acids is 1. The fraction of sp³-hybridized carbons (Fsp3) is 0.929. The molecule has 3 atom stereocenters. The summed E-state index contributed by atoms with van der Waals surface area (Å²) in [4.78, 5) is 14.7. The normalized spacial score (nSPS) is 27.9. The van der Waals surface area contributed by atoms with Gasteiger partial charge in [-0.15, -0.1) is 0 Å². The molecule has 1 saturated heterocycles. The molecule has 1 aliphatic rings. The van der Waals surface area contributed by atoms with Gasteiger partial charge in [0.2, 0.25) is 0 Å². The molecule has 1 aliphatic heterocycles. The molecular weight excluding hydrogens is 228 g/mol. The Bertz CT molecular complexity index is 277. The van der Waals surface area contributed by atoms with Gasteiger partial charge in [-0.05, 0) is 26.2 Å². The van der Waals surface area contributed by atoms with E-state index in [1.165, 1.54) is 0 Å². The highest BCUT2D eigenvalue weighted by Crippen LogP contribution is 2.22. The predicted molar refractivity (Wildman–Crippen MR) is 73.6 cm³/mol. The van der Waals surface area contributed by atoms with Gasteiger partial charge in [0.25, 0.3) is 5.91 Å². The van der Waals surface area contributed by atoms with Crippen molar-refractivity contribution in [1.29, 1.82) is 0 Å². The van der Waals surface area contributed by atoms with Gasteiger partial charge in [0.1, 0.15) is 5.60 Å². The van der Waals surface area contributed by atoms with Crippen LogP contribution in [0.4, 0.5) is 0 Å². The number of ether oxygens (including phenoxy) is 1. The molecule has 0 aromatic rings. The molecule has 0 spiro atoms. The average molecular weight is 256 g/mol. The van der Waals surface area contributed by atoms with Crippen LogP contribution in [0.1, 0.15) is 47.0 Å². The van der Waals surface area contributed by atoms with Gasteiger partial charge < -0.3 is 15.0 Å². The highest BCUT2D eigenvalue weighted by Gasteiger charge is 2.39. The first-order valence-corrected chi connectivity index (χ1v) is 7.11. The van der Waals surface area contributed by atoms with Gasteiger partial charge in [-0.25, -0.2) is 0 Å². The summed E-state index contributed by atoms with van der Waals surface area (Å²) in [6.45, 7) is 9.88. The molecule has 1 rings (SSSR count). The van der Waals surface area contributed by atoms with E-state index in [1.807, 2.05) is 18.7 Å². The second-order valence-corrected chi connectivity index (χ2v) is 5.32. The van der Waals surface area contributed by atoms with Crippen LogP contribution in [0, 0.1) is 0 Å². The van der Waals surface area contributed by atoms with Crippen molar-refractivity contribution in [3.8, 4) is 0 Å². The highest BCUT2D eigenvalue weighted by molar-refractivity contribution is 5.85. The van der Waals surface area contributed by atoms with Gasteiger partial charge in [-0.2, -0.15) is 0 Å². The van der Waals surface area contributed by atoms with Crippen LogP contribution in [0.5, 0.6) is 0 Å². The third-order valence-electron chi connectivity index (χ3n) is 4.30. The van der Waals surface area contributed by atoms with Crippen molar-refractivity contribution < 1.29 is 9.53 Å². The number of methoxy groups -OCH3 is 1. The lowest BCUT2D eigenvalue weighted by Crippen LogP contribution is -2.62. The van der Waals surface area contributed by atoms with Crippen molar-refractivity contribution in [3.05, 3.63) is 0 Å². The largest absolute Gasteiger partial charge is 0.369 e. The summed E-state index contributed by atoms with van der Waals surface area (Å²) in [5.41, 5.74) is -0.678. The maximum atomic E-state index is 12.7. The Labute approximate surface area is 111 Å². The van der Waals surface area contributed by atoms with Crippen molar-refractivity contribution in [2.24, 2.45) is 0 Å². The Morgan fingerprint density at radius 3 is 2.50 bits per heavy atom. The van der Waals surface area contributed by atoms with Gasteiger partial charge >= 0.3 is 0 Å². The predicted octanol–water partition coefficient (Wildman–Crippen LogP) is 1.79. The van der Waals surface area contributed by atoms with E-state index >= 15 is 0 Å². The molecule has 4 nitrogen and oxygen atoms in total. The van der Waals surface area contributed by atoms with E-state index in [0.29, 0.717) is 18.5 Å². The minimum Gasteiger partial charge on any atom is -0.369 e. The Balaban J connectivity index is 2.84. The second-order valence-electron chi connectivity index (χ2n) is 5.32. The number of carbonyl (C=O) groups is 1. The number of rotatable bonds is 5. The van der Waals surface area contributed by atoms with Gasteiger partial charge in [0.05, 0.1) is 0 Å². The van der Waals surface area contributed by atoms with Crippen LogP contribution in [-0.2, 0) is 9.53 Å². The fourth-order valence-electron chi connectivity index (χ4n) is 2.44. The minimum absolute atomic E-state index is 0.138. The first-order chi connectivity index (χ1) is 8.52. The maximum absolute atomic E-state index is 12.7. The molecule has 1 fully saturated rings. The van der Waals surface area contributed by atoms with Gasteiger partial charge in [0.15, 0.2) is 0 Å². The van der Waals surface area contributed by atoms with E-state index in [1.54, 1.807) is 7.11 Å². The van der Waals surface area contributed by atoms with E-state index in [4.69, 9.17) is 4.74 Å². The quantitative estimate of drug-likeness (QED) is 0.815. The first kappa shape index (κ1) is 15.4. The molecule has 1 heterocycles. The highest BCUT2D eigenvalue weighted by atomic mass is 16.5. The first-order valence-electron chi connectivity index (χ1n) is 7.11. The monoisotopic (exact) mass is 256 g/mol. The van der Waals surface area contributed by atoms with Crippen LogP contribution in [0.3, 0.4) is 0 Å². The fourth-order valence-corrected chi connectivity index (χ4v) is 2.44. The summed E-state index contributed by atoms with van der Waals surface area (Å²) >= 11 is 0. The number of amides is 1. The van der Waals surface area contributed by atoms with Crippen molar-refractivity contribution >= 4 is 5.91 Å². The van der Waals surface area contributed by atoms with E-state index in [-0.39, 0.29) is 5.91 Å². The molecular formula is C14H28N2O2. The maximum Gasteiger partial charge on any atom is 0.254 e. The average Bonchev–Trinajstić information content (AvgIpc) is 2.44. The molecule has 0 radical (unpaired) electrons. The van der Waals surface area contributed by atoms with Crippen molar-refractivity contribution in [1.82, 2.24) is 10.2 Å². The molecule has 0 aromatic heterocycles. The molecule has 1 N–H and O–H groups in total. The molecule has 3 unspecified atom stereocenters. The molecule has 0 aromatic carbocycles. The summed E-state index contributed by atoms with van der Waals surface area (Å²) < 4.78 is 5.45. The van der Waals surface area contributed by atoms with E-state index < -0.39 is 5.60 Å². The molecule has 0 saturated carbocycles.